The first-order valence-corrected chi connectivity index (χ1v) is 19.3. The van der Waals surface area contributed by atoms with Gasteiger partial charge in [-0.2, -0.15) is 15.0 Å². The molecule has 0 saturated heterocycles. The summed E-state index contributed by atoms with van der Waals surface area (Å²) in [6.45, 7) is 0. The summed E-state index contributed by atoms with van der Waals surface area (Å²) in [6, 6.07) is 70.5. The number of hydrogen-bond donors (Lipinski definition) is 0. The Morgan fingerprint density at radius 2 is 0.862 bits per heavy atom. The lowest BCUT2D eigenvalue weighted by Gasteiger charge is -2.27. The van der Waals surface area contributed by atoms with E-state index in [0.29, 0.717) is 23.3 Å². The van der Waals surface area contributed by atoms with E-state index in [1.807, 2.05) is 84.9 Å². The molecule has 0 amide bonds. The molecular formula is C51H34N6O. The molecule has 11 rings (SSSR count). The number of rotatable bonds is 8. The molecule has 11 aromatic rings. The van der Waals surface area contributed by atoms with Crippen molar-refractivity contribution in [2.45, 2.75) is 0 Å². The molecule has 0 atom stereocenters. The molecule has 58 heavy (non-hydrogen) atoms. The highest BCUT2D eigenvalue weighted by Crippen LogP contribution is 2.46. The van der Waals surface area contributed by atoms with Crippen molar-refractivity contribution in [1.82, 2.24) is 19.5 Å². The van der Waals surface area contributed by atoms with Crippen molar-refractivity contribution in [2.24, 2.45) is 0 Å². The molecule has 0 radical (unpaired) electrons. The molecule has 0 N–H and O–H groups in total. The number of benzene rings is 8. The molecule has 8 aromatic carbocycles. The summed E-state index contributed by atoms with van der Waals surface area (Å²) < 4.78 is 9.28. The average Bonchev–Trinajstić information content (AvgIpc) is 3.84. The van der Waals surface area contributed by atoms with Gasteiger partial charge in [0.15, 0.2) is 5.82 Å². The number of hydrogen-bond acceptors (Lipinski definition) is 6. The molecule has 3 aromatic heterocycles. The van der Waals surface area contributed by atoms with Crippen LogP contribution in [0.1, 0.15) is 0 Å². The maximum atomic E-state index is 6.93. The van der Waals surface area contributed by atoms with E-state index in [0.717, 1.165) is 72.2 Å². The molecule has 0 unspecified atom stereocenters. The van der Waals surface area contributed by atoms with E-state index in [4.69, 9.17) is 19.4 Å². The molecule has 0 aliphatic heterocycles. The standard InChI is InChI=1S/C51H34N6O/c1-6-20-35(21-7-1)55(36-22-8-2-9-23-36)50-52-49(53-51(54-50)56(37-24-10-3-11-25-37)38-26-12-4-13-27-38)43-34-42-40-30-16-18-32-44(40)57(39-28-14-5-15-29-39)47(42)46-41-31-17-19-33-45(41)58-48(43)46/h1-34H. The fraction of sp³-hybridized carbons (Fsp3) is 0. The highest BCUT2D eigenvalue weighted by molar-refractivity contribution is 6.27. The van der Waals surface area contributed by atoms with Gasteiger partial charge in [-0.25, -0.2) is 0 Å². The van der Waals surface area contributed by atoms with Crippen LogP contribution in [0, 0.1) is 0 Å². The third-order valence-corrected chi connectivity index (χ3v) is 10.6. The van der Waals surface area contributed by atoms with Gasteiger partial charge in [-0.3, -0.25) is 9.80 Å². The molecule has 0 aliphatic carbocycles. The van der Waals surface area contributed by atoms with Crippen LogP contribution in [-0.2, 0) is 0 Å². The zero-order chi connectivity index (χ0) is 38.4. The minimum Gasteiger partial charge on any atom is -0.455 e. The highest BCUT2D eigenvalue weighted by Gasteiger charge is 2.27. The van der Waals surface area contributed by atoms with Gasteiger partial charge >= 0.3 is 0 Å². The lowest BCUT2D eigenvalue weighted by atomic mass is 10.0. The maximum absolute atomic E-state index is 6.93. The number of furan rings is 1. The second kappa shape index (κ2) is 13.9. The minimum atomic E-state index is 0.463. The van der Waals surface area contributed by atoms with Crippen molar-refractivity contribution in [2.75, 3.05) is 9.80 Å². The molecule has 0 bridgehead atoms. The van der Waals surface area contributed by atoms with Crippen LogP contribution < -0.4 is 9.80 Å². The van der Waals surface area contributed by atoms with Crippen molar-refractivity contribution in [3.63, 3.8) is 0 Å². The number of anilines is 6. The van der Waals surface area contributed by atoms with Crippen LogP contribution >= 0.6 is 0 Å². The topological polar surface area (TPSA) is 63.2 Å². The van der Waals surface area contributed by atoms with Crippen molar-refractivity contribution < 1.29 is 4.42 Å². The fourth-order valence-corrected chi connectivity index (χ4v) is 8.09. The van der Waals surface area contributed by atoms with Crippen LogP contribution in [0.4, 0.5) is 34.6 Å². The zero-order valence-corrected chi connectivity index (χ0v) is 31.2. The quantitative estimate of drug-likeness (QED) is 0.154. The first kappa shape index (κ1) is 33.3. The maximum Gasteiger partial charge on any atom is 0.240 e. The average molecular weight is 747 g/mol. The Bertz CT molecular complexity index is 3040. The minimum absolute atomic E-state index is 0.463. The normalized spacial score (nSPS) is 11.4. The van der Waals surface area contributed by atoms with Crippen molar-refractivity contribution in [3.8, 4) is 17.1 Å². The van der Waals surface area contributed by atoms with Gasteiger partial charge in [0.25, 0.3) is 0 Å². The van der Waals surface area contributed by atoms with E-state index in [-0.39, 0.29) is 0 Å². The summed E-state index contributed by atoms with van der Waals surface area (Å²) in [6.07, 6.45) is 0. The van der Waals surface area contributed by atoms with Gasteiger partial charge in [0.2, 0.25) is 11.9 Å². The summed E-state index contributed by atoms with van der Waals surface area (Å²) >= 11 is 0. The van der Waals surface area contributed by atoms with Gasteiger partial charge in [-0.05, 0) is 78.9 Å². The van der Waals surface area contributed by atoms with E-state index >= 15 is 0 Å². The van der Waals surface area contributed by atoms with Crippen LogP contribution in [0.3, 0.4) is 0 Å². The molecule has 274 valence electrons. The number of aromatic nitrogens is 4. The second-order valence-corrected chi connectivity index (χ2v) is 14.1. The van der Waals surface area contributed by atoms with E-state index in [9.17, 15) is 0 Å². The highest BCUT2D eigenvalue weighted by atomic mass is 16.3. The lowest BCUT2D eigenvalue weighted by molar-refractivity contribution is 0.669. The third kappa shape index (κ3) is 5.56. The molecular weight excluding hydrogens is 713 g/mol. The number of nitrogens with zero attached hydrogens (tertiary/aromatic N) is 6. The zero-order valence-electron chi connectivity index (χ0n) is 31.2. The molecule has 0 saturated carbocycles. The Morgan fingerprint density at radius 3 is 1.40 bits per heavy atom. The van der Waals surface area contributed by atoms with Gasteiger partial charge < -0.3 is 8.98 Å². The predicted molar refractivity (Wildman–Crippen MR) is 236 cm³/mol. The Balaban J connectivity index is 1.28. The molecule has 7 heteroatoms. The number of para-hydroxylation sites is 7. The monoisotopic (exact) mass is 746 g/mol. The molecule has 0 fully saturated rings. The van der Waals surface area contributed by atoms with Gasteiger partial charge in [0.1, 0.15) is 11.2 Å². The smallest absolute Gasteiger partial charge is 0.240 e. The van der Waals surface area contributed by atoms with Crippen LogP contribution in [0.25, 0.3) is 60.8 Å². The summed E-state index contributed by atoms with van der Waals surface area (Å²) in [5.74, 6) is 1.41. The Labute approximate surface area is 334 Å². The Hall–Kier alpha value is -8.03. The third-order valence-electron chi connectivity index (χ3n) is 10.6. The van der Waals surface area contributed by atoms with Gasteiger partial charge in [0.05, 0.1) is 22.0 Å². The summed E-state index contributed by atoms with van der Waals surface area (Å²) in [5.41, 5.74) is 9.15. The van der Waals surface area contributed by atoms with Gasteiger partial charge in [-0.15, -0.1) is 0 Å². The summed E-state index contributed by atoms with van der Waals surface area (Å²) in [5, 5.41) is 4.21. The van der Waals surface area contributed by atoms with Crippen LogP contribution in [0.15, 0.2) is 211 Å². The van der Waals surface area contributed by atoms with Gasteiger partial charge in [0, 0.05) is 44.6 Å². The summed E-state index contributed by atoms with van der Waals surface area (Å²) in [7, 11) is 0. The molecule has 0 aliphatic rings. The van der Waals surface area contributed by atoms with Crippen molar-refractivity contribution in [1.29, 1.82) is 0 Å². The lowest BCUT2D eigenvalue weighted by Crippen LogP contribution is -2.19. The summed E-state index contributed by atoms with van der Waals surface area (Å²) in [4.78, 5) is 20.3. The molecule has 3 heterocycles. The molecule has 0 spiro atoms. The SMILES string of the molecule is c1ccc(N(c2ccccc2)c2nc(-c3cc4c5ccccc5n(-c5ccccc5)c4c4c3oc3ccccc34)nc(N(c3ccccc3)c3ccccc3)n2)cc1. The van der Waals surface area contributed by atoms with Crippen molar-refractivity contribution in [3.05, 3.63) is 206 Å². The Kier molecular flexibility index (Phi) is 8.00. The number of fused-ring (bicyclic) bond motifs is 7. The van der Waals surface area contributed by atoms with E-state index < -0.39 is 0 Å². The van der Waals surface area contributed by atoms with Gasteiger partial charge in [-0.1, -0.05) is 127 Å². The first-order valence-electron chi connectivity index (χ1n) is 19.3. The van der Waals surface area contributed by atoms with Crippen LogP contribution in [0.2, 0.25) is 0 Å². The predicted octanol–water partition coefficient (Wildman–Crippen LogP) is 13.5. The largest absolute Gasteiger partial charge is 0.455 e. The fourth-order valence-electron chi connectivity index (χ4n) is 8.09. The van der Waals surface area contributed by atoms with Crippen molar-refractivity contribution >= 4 is 78.4 Å². The van der Waals surface area contributed by atoms with E-state index in [2.05, 4.69) is 136 Å². The van der Waals surface area contributed by atoms with E-state index in [1.54, 1.807) is 0 Å². The van der Waals surface area contributed by atoms with Crippen LogP contribution in [0.5, 0.6) is 0 Å². The second-order valence-electron chi connectivity index (χ2n) is 14.1. The Morgan fingerprint density at radius 1 is 0.414 bits per heavy atom. The van der Waals surface area contributed by atoms with Crippen LogP contribution in [-0.4, -0.2) is 19.5 Å². The molecule has 7 nitrogen and oxygen atoms in total. The van der Waals surface area contributed by atoms with E-state index in [1.165, 1.54) is 0 Å². The first-order chi connectivity index (χ1) is 28.8.